The lowest BCUT2D eigenvalue weighted by atomic mass is 9.98. The van der Waals surface area contributed by atoms with Crippen molar-refractivity contribution < 1.29 is 19.1 Å². The number of carbonyl (C=O) groups excluding carboxylic acids is 2. The van der Waals surface area contributed by atoms with Crippen molar-refractivity contribution in [2.45, 2.75) is 34.5 Å². The number of carbonyl (C=O) groups is 2. The maximum Gasteiger partial charge on any atom is 0.330 e. The number of benzene rings is 1. The molecule has 0 aliphatic carbocycles. The smallest absolute Gasteiger partial charge is 0.330 e. The van der Waals surface area contributed by atoms with Crippen molar-refractivity contribution in [2.24, 2.45) is 0 Å². The van der Waals surface area contributed by atoms with Crippen LogP contribution in [0.15, 0.2) is 24.3 Å². The Bertz CT molecular complexity index is 658. The fourth-order valence-corrected chi connectivity index (χ4v) is 5.57. The number of hydrogen-bond donors (Lipinski definition) is 0. The summed E-state index contributed by atoms with van der Waals surface area (Å²) in [6, 6.07) is 6.62. The third-order valence-electron chi connectivity index (χ3n) is 4.29. The number of alkyl halides is 2. The number of ether oxygens (including phenoxy) is 2. The van der Waals surface area contributed by atoms with Crippen LogP contribution in [0.5, 0.6) is 5.75 Å². The minimum absolute atomic E-state index is 0.0696. The second kappa shape index (κ2) is 6.77. The average molecular weight is 435 g/mol. The molecule has 2 saturated heterocycles. The molecule has 2 fully saturated rings. The number of nitrogens with zero attached hydrogens (tertiary/aromatic N) is 1. The van der Waals surface area contributed by atoms with Crippen molar-refractivity contribution in [3.8, 4) is 5.75 Å². The molecule has 0 bridgehead atoms. The van der Waals surface area contributed by atoms with Crippen LogP contribution in [0.2, 0.25) is 0 Å². The van der Waals surface area contributed by atoms with Crippen LogP contribution in [0.1, 0.15) is 12.5 Å². The Balaban J connectivity index is 1.69. The first-order valence-corrected chi connectivity index (χ1v) is 9.74. The number of β-lactam (4-membered cyclic amide) rings is 1. The van der Waals surface area contributed by atoms with Crippen molar-refractivity contribution >= 4 is 51.2 Å². The quantitative estimate of drug-likeness (QED) is 0.405. The number of esters is 1. The van der Waals surface area contributed by atoms with E-state index in [-0.39, 0.29) is 28.6 Å². The number of rotatable bonds is 5. The summed E-state index contributed by atoms with van der Waals surface area (Å²) in [7, 11) is 1.59. The van der Waals surface area contributed by atoms with Crippen molar-refractivity contribution in [2.75, 3.05) is 13.0 Å². The first-order chi connectivity index (χ1) is 11.4. The van der Waals surface area contributed by atoms with Gasteiger partial charge >= 0.3 is 5.97 Å². The Morgan fingerprint density at radius 2 is 2.08 bits per heavy atom. The predicted molar refractivity (Wildman–Crippen MR) is 96.6 cm³/mol. The average Bonchev–Trinajstić information content (AvgIpc) is 2.90. The highest BCUT2D eigenvalue weighted by atomic mass is 79.9. The first kappa shape index (κ1) is 17.9. The highest BCUT2D eigenvalue weighted by Crippen LogP contribution is 2.53. The topological polar surface area (TPSA) is 55.8 Å². The van der Waals surface area contributed by atoms with Gasteiger partial charge in [0, 0.05) is 5.88 Å². The van der Waals surface area contributed by atoms with E-state index < -0.39 is 16.8 Å². The normalized spacial score (nSPS) is 31.4. The van der Waals surface area contributed by atoms with Gasteiger partial charge in [-0.05, 0) is 24.6 Å². The number of fused-ring (bicyclic) bond motifs is 1. The van der Waals surface area contributed by atoms with E-state index in [4.69, 9.17) is 21.1 Å². The molecule has 4 atom stereocenters. The fourth-order valence-electron chi connectivity index (χ4n) is 2.90. The molecule has 2 aliphatic rings. The summed E-state index contributed by atoms with van der Waals surface area (Å²) >= 11 is 11.0. The largest absolute Gasteiger partial charge is 0.497 e. The van der Waals surface area contributed by atoms with Gasteiger partial charge in [0.1, 0.15) is 28.6 Å². The van der Waals surface area contributed by atoms with E-state index in [2.05, 4.69) is 15.9 Å². The second-order valence-corrected chi connectivity index (χ2v) is 8.87. The predicted octanol–water partition coefficient (Wildman–Crippen LogP) is 2.78. The lowest BCUT2D eigenvalue weighted by Crippen LogP contribution is -2.64. The van der Waals surface area contributed by atoms with Crippen LogP contribution in [-0.2, 0) is 20.9 Å². The SMILES string of the molecule is COc1ccc(COC(=O)[C@@H]2N3C(=O)[C@H](Br)[C@@H]3S[C@@]2(C)CCl)cc1. The number of amides is 1. The summed E-state index contributed by atoms with van der Waals surface area (Å²) in [5.74, 6) is 0.494. The third kappa shape index (κ3) is 2.91. The van der Waals surface area contributed by atoms with E-state index in [0.29, 0.717) is 0 Å². The van der Waals surface area contributed by atoms with Crippen molar-refractivity contribution in [1.82, 2.24) is 4.90 Å². The van der Waals surface area contributed by atoms with Gasteiger partial charge in [-0.2, -0.15) is 0 Å². The zero-order valence-electron chi connectivity index (χ0n) is 13.2. The molecular formula is C16H17BrClNO4S. The standard InChI is InChI=1S/C16H17BrClNO4S/c1-16(8-18)12(19-13(20)11(17)14(19)24-16)15(21)23-7-9-3-5-10(22-2)6-4-9/h3-6,11-12,14H,7-8H2,1-2H3/t11-,12-,14-,16-/m0/s1. The molecule has 0 radical (unpaired) electrons. The van der Waals surface area contributed by atoms with E-state index in [1.54, 1.807) is 23.8 Å². The van der Waals surface area contributed by atoms with Gasteiger partial charge < -0.3 is 14.4 Å². The summed E-state index contributed by atoms with van der Waals surface area (Å²) in [6.07, 6.45) is 0. The lowest BCUT2D eigenvalue weighted by molar-refractivity contribution is -0.161. The maximum absolute atomic E-state index is 12.6. The third-order valence-corrected chi connectivity index (χ3v) is 7.89. The minimum Gasteiger partial charge on any atom is -0.497 e. The van der Waals surface area contributed by atoms with Gasteiger partial charge in [-0.15, -0.1) is 23.4 Å². The van der Waals surface area contributed by atoms with Gasteiger partial charge in [0.25, 0.3) is 0 Å². The number of hydrogen-bond acceptors (Lipinski definition) is 5. The zero-order valence-corrected chi connectivity index (χ0v) is 16.4. The van der Waals surface area contributed by atoms with Crippen LogP contribution >= 0.6 is 39.3 Å². The van der Waals surface area contributed by atoms with E-state index in [0.717, 1.165) is 11.3 Å². The Morgan fingerprint density at radius 3 is 2.67 bits per heavy atom. The molecular weight excluding hydrogens is 418 g/mol. The summed E-state index contributed by atoms with van der Waals surface area (Å²) in [5, 5.41) is -0.0696. The monoisotopic (exact) mass is 433 g/mol. The second-order valence-electron chi connectivity index (χ2n) is 5.96. The summed E-state index contributed by atoms with van der Waals surface area (Å²) in [5.41, 5.74) is 0.854. The van der Waals surface area contributed by atoms with Crippen molar-refractivity contribution in [3.63, 3.8) is 0 Å². The van der Waals surface area contributed by atoms with Gasteiger partial charge in [0.15, 0.2) is 0 Å². The van der Waals surface area contributed by atoms with E-state index in [1.807, 2.05) is 31.2 Å². The van der Waals surface area contributed by atoms with Crippen LogP contribution in [0.3, 0.4) is 0 Å². The molecule has 8 heteroatoms. The maximum atomic E-state index is 12.6. The van der Waals surface area contributed by atoms with Crippen LogP contribution in [0.4, 0.5) is 0 Å². The van der Waals surface area contributed by atoms with Crippen LogP contribution in [0.25, 0.3) is 0 Å². The lowest BCUT2D eigenvalue weighted by Gasteiger charge is -2.41. The van der Waals surface area contributed by atoms with Gasteiger partial charge in [-0.3, -0.25) is 4.79 Å². The highest BCUT2D eigenvalue weighted by molar-refractivity contribution is 9.10. The number of methoxy groups -OCH3 is 1. The first-order valence-electron chi connectivity index (χ1n) is 7.41. The number of thioether (sulfide) groups is 1. The highest BCUT2D eigenvalue weighted by Gasteiger charge is 2.64. The summed E-state index contributed by atoms with van der Waals surface area (Å²) in [6.45, 7) is 2.04. The van der Waals surface area contributed by atoms with Gasteiger partial charge in [0.2, 0.25) is 5.91 Å². The van der Waals surface area contributed by atoms with Crippen molar-refractivity contribution in [3.05, 3.63) is 29.8 Å². The van der Waals surface area contributed by atoms with Crippen LogP contribution in [0, 0.1) is 0 Å². The summed E-state index contributed by atoms with van der Waals surface area (Å²) < 4.78 is 10.0. The van der Waals surface area contributed by atoms with Gasteiger partial charge in [0.05, 0.1) is 11.9 Å². The zero-order chi connectivity index (χ0) is 17.5. The molecule has 0 saturated carbocycles. The number of halogens is 2. The van der Waals surface area contributed by atoms with Crippen molar-refractivity contribution in [1.29, 1.82) is 0 Å². The van der Waals surface area contributed by atoms with Gasteiger partial charge in [-0.25, -0.2) is 4.79 Å². The summed E-state index contributed by atoms with van der Waals surface area (Å²) in [4.78, 5) is 26.1. The van der Waals surface area contributed by atoms with E-state index >= 15 is 0 Å². The molecule has 24 heavy (non-hydrogen) atoms. The molecule has 1 aromatic rings. The van der Waals surface area contributed by atoms with Gasteiger partial charge in [-0.1, -0.05) is 28.1 Å². The molecule has 0 aromatic heterocycles. The molecule has 5 nitrogen and oxygen atoms in total. The van der Waals surface area contributed by atoms with E-state index in [1.165, 1.54) is 0 Å². The molecule has 0 unspecified atom stereocenters. The molecule has 130 valence electrons. The Morgan fingerprint density at radius 1 is 1.42 bits per heavy atom. The molecule has 0 spiro atoms. The Labute approximate surface area is 158 Å². The van der Waals surface area contributed by atoms with Crippen LogP contribution in [-0.4, -0.2) is 50.8 Å². The molecule has 1 amide bonds. The molecule has 2 heterocycles. The molecule has 1 aromatic carbocycles. The molecule has 3 rings (SSSR count). The van der Waals surface area contributed by atoms with E-state index in [9.17, 15) is 9.59 Å². The fraction of sp³-hybridized carbons (Fsp3) is 0.500. The Kier molecular flexibility index (Phi) is 5.04. The minimum atomic E-state index is -0.662. The van der Waals surface area contributed by atoms with Crippen LogP contribution < -0.4 is 4.74 Å². The Hall–Kier alpha value is -0.920. The molecule has 0 N–H and O–H groups in total. The molecule has 2 aliphatic heterocycles.